The lowest BCUT2D eigenvalue weighted by molar-refractivity contribution is 0.170. The first-order valence-electron chi connectivity index (χ1n) is 7.68. The van der Waals surface area contributed by atoms with Crippen molar-refractivity contribution in [1.29, 1.82) is 0 Å². The van der Waals surface area contributed by atoms with Crippen LogP contribution in [0.25, 0.3) is 6.08 Å². The molecule has 1 saturated carbocycles. The van der Waals surface area contributed by atoms with Crippen molar-refractivity contribution in [3.05, 3.63) is 27.7 Å². The molecule has 21 heavy (non-hydrogen) atoms. The summed E-state index contributed by atoms with van der Waals surface area (Å²) in [5.74, 6) is 2.08. The molecule has 1 aliphatic heterocycles. The predicted octanol–water partition coefficient (Wildman–Crippen LogP) is 4.18. The molecule has 1 aromatic carbocycles. The summed E-state index contributed by atoms with van der Waals surface area (Å²) in [4.78, 5) is 0. The van der Waals surface area contributed by atoms with E-state index in [9.17, 15) is 5.11 Å². The summed E-state index contributed by atoms with van der Waals surface area (Å²) in [5.41, 5.74) is 2.19. The average molecular weight is 353 g/mol. The third-order valence-electron chi connectivity index (χ3n) is 4.28. The highest BCUT2D eigenvalue weighted by Gasteiger charge is 2.19. The van der Waals surface area contributed by atoms with Crippen LogP contribution in [0.3, 0.4) is 0 Å². The number of aliphatic hydroxyl groups excluding tert-OH is 1. The molecule has 2 aliphatic rings. The molecule has 1 aliphatic carbocycles. The standard InChI is InChI=1S/C17H21BrO3/c18-15-9-12(10-16-17(15)21-7-6-20-16)8-14(11-19)13-4-2-1-3-5-13/h8-10,13,19H,1-7,11H2/b14-8-. The summed E-state index contributed by atoms with van der Waals surface area (Å²) >= 11 is 3.54. The summed E-state index contributed by atoms with van der Waals surface area (Å²) in [6.07, 6.45) is 8.36. The fourth-order valence-corrected chi connectivity index (χ4v) is 3.77. The van der Waals surface area contributed by atoms with E-state index in [1.807, 2.05) is 12.1 Å². The molecule has 0 atom stereocenters. The maximum absolute atomic E-state index is 9.71. The number of aliphatic hydroxyl groups is 1. The van der Waals surface area contributed by atoms with E-state index >= 15 is 0 Å². The van der Waals surface area contributed by atoms with E-state index in [2.05, 4.69) is 22.0 Å². The number of fused-ring (bicyclic) bond motifs is 1. The molecule has 0 bridgehead atoms. The molecule has 4 heteroatoms. The zero-order chi connectivity index (χ0) is 14.7. The minimum Gasteiger partial charge on any atom is -0.486 e. The lowest BCUT2D eigenvalue weighted by Gasteiger charge is -2.24. The fourth-order valence-electron chi connectivity index (χ4n) is 3.19. The molecule has 114 valence electrons. The van der Waals surface area contributed by atoms with Crippen molar-refractivity contribution >= 4 is 22.0 Å². The predicted molar refractivity (Wildman–Crippen MR) is 86.8 cm³/mol. The highest BCUT2D eigenvalue weighted by Crippen LogP contribution is 2.39. The Kier molecular flexibility index (Phi) is 4.86. The number of rotatable bonds is 3. The molecular weight excluding hydrogens is 332 g/mol. The Morgan fingerprint density at radius 3 is 2.71 bits per heavy atom. The van der Waals surface area contributed by atoms with Gasteiger partial charge in [0, 0.05) is 0 Å². The molecule has 0 radical (unpaired) electrons. The van der Waals surface area contributed by atoms with Gasteiger partial charge in [0.2, 0.25) is 0 Å². The molecule has 1 heterocycles. The van der Waals surface area contributed by atoms with E-state index in [0.29, 0.717) is 19.1 Å². The third-order valence-corrected chi connectivity index (χ3v) is 4.87. The fraction of sp³-hybridized carbons (Fsp3) is 0.529. The van der Waals surface area contributed by atoms with E-state index < -0.39 is 0 Å². The lowest BCUT2D eigenvalue weighted by atomic mass is 9.83. The van der Waals surface area contributed by atoms with Crippen LogP contribution in [-0.4, -0.2) is 24.9 Å². The lowest BCUT2D eigenvalue weighted by Crippen LogP contribution is -2.16. The van der Waals surface area contributed by atoms with Gasteiger partial charge in [-0.25, -0.2) is 0 Å². The Balaban J connectivity index is 1.88. The summed E-state index contributed by atoms with van der Waals surface area (Å²) < 4.78 is 12.2. The molecule has 0 amide bonds. The highest BCUT2D eigenvalue weighted by atomic mass is 79.9. The van der Waals surface area contributed by atoms with Gasteiger partial charge >= 0.3 is 0 Å². The summed E-state index contributed by atoms with van der Waals surface area (Å²) in [7, 11) is 0. The van der Waals surface area contributed by atoms with Gasteiger partial charge in [-0.3, -0.25) is 0 Å². The summed E-state index contributed by atoms with van der Waals surface area (Å²) in [6.45, 7) is 1.31. The summed E-state index contributed by atoms with van der Waals surface area (Å²) in [5, 5.41) is 9.71. The van der Waals surface area contributed by atoms with Crippen LogP contribution in [0.2, 0.25) is 0 Å². The van der Waals surface area contributed by atoms with Crippen LogP contribution < -0.4 is 9.47 Å². The molecule has 3 rings (SSSR count). The minimum atomic E-state index is 0.136. The van der Waals surface area contributed by atoms with E-state index in [4.69, 9.17) is 9.47 Å². The molecule has 0 saturated heterocycles. The van der Waals surface area contributed by atoms with Crippen LogP contribution in [-0.2, 0) is 0 Å². The van der Waals surface area contributed by atoms with E-state index in [0.717, 1.165) is 27.1 Å². The first-order chi connectivity index (χ1) is 10.3. The SMILES string of the molecule is OC/C(=C/c1cc(Br)c2c(c1)OCCO2)C1CCCCC1. The van der Waals surface area contributed by atoms with Gasteiger partial charge in [-0.05, 0) is 58.0 Å². The van der Waals surface area contributed by atoms with Crippen molar-refractivity contribution in [3.8, 4) is 11.5 Å². The van der Waals surface area contributed by atoms with Crippen LogP contribution in [0.15, 0.2) is 22.2 Å². The molecule has 0 aromatic heterocycles. The van der Waals surface area contributed by atoms with Crippen LogP contribution in [0, 0.1) is 5.92 Å². The van der Waals surface area contributed by atoms with Crippen molar-refractivity contribution in [2.24, 2.45) is 5.92 Å². The van der Waals surface area contributed by atoms with Gasteiger partial charge in [0.05, 0.1) is 11.1 Å². The summed E-state index contributed by atoms with van der Waals surface area (Å²) in [6, 6.07) is 4.03. The van der Waals surface area contributed by atoms with Crippen LogP contribution in [0.1, 0.15) is 37.7 Å². The van der Waals surface area contributed by atoms with E-state index in [-0.39, 0.29) is 6.61 Å². The van der Waals surface area contributed by atoms with Crippen molar-refractivity contribution in [1.82, 2.24) is 0 Å². The Labute approximate surface area is 134 Å². The van der Waals surface area contributed by atoms with Gasteiger partial charge in [-0.2, -0.15) is 0 Å². The van der Waals surface area contributed by atoms with Crippen molar-refractivity contribution < 1.29 is 14.6 Å². The van der Waals surface area contributed by atoms with Gasteiger partial charge in [0.25, 0.3) is 0 Å². The Bertz CT molecular complexity index is 533. The minimum absolute atomic E-state index is 0.136. The maximum Gasteiger partial charge on any atom is 0.175 e. The van der Waals surface area contributed by atoms with Crippen LogP contribution >= 0.6 is 15.9 Å². The number of benzene rings is 1. The average Bonchev–Trinajstić information content (AvgIpc) is 2.53. The van der Waals surface area contributed by atoms with Crippen molar-refractivity contribution in [3.63, 3.8) is 0 Å². The molecule has 1 aromatic rings. The molecule has 0 spiro atoms. The van der Waals surface area contributed by atoms with Crippen molar-refractivity contribution in [2.45, 2.75) is 32.1 Å². The smallest absolute Gasteiger partial charge is 0.175 e. The number of halogens is 1. The van der Waals surface area contributed by atoms with E-state index in [1.165, 1.54) is 32.1 Å². The number of hydrogen-bond donors (Lipinski definition) is 1. The molecular formula is C17H21BrO3. The van der Waals surface area contributed by atoms with Gasteiger partial charge in [-0.15, -0.1) is 0 Å². The molecule has 1 N–H and O–H groups in total. The van der Waals surface area contributed by atoms with Gasteiger partial charge in [-0.1, -0.05) is 25.3 Å². The Morgan fingerprint density at radius 2 is 1.95 bits per heavy atom. The quantitative estimate of drug-likeness (QED) is 0.886. The van der Waals surface area contributed by atoms with Crippen LogP contribution in [0.5, 0.6) is 11.5 Å². The van der Waals surface area contributed by atoms with Gasteiger partial charge in [0.15, 0.2) is 11.5 Å². The molecule has 1 fully saturated rings. The zero-order valence-electron chi connectivity index (χ0n) is 12.1. The maximum atomic E-state index is 9.71. The first kappa shape index (κ1) is 14.9. The van der Waals surface area contributed by atoms with Crippen molar-refractivity contribution in [2.75, 3.05) is 19.8 Å². The molecule has 3 nitrogen and oxygen atoms in total. The Hall–Kier alpha value is -1.00. The van der Waals surface area contributed by atoms with Gasteiger partial charge in [0.1, 0.15) is 13.2 Å². The van der Waals surface area contributed by atoms with E-state index in [1.54, 1.807) is 0 Å². The van der Waals surface area contributed by atoms with Gasteiger partial charge < -0.3 is 14.6 Å². The second-order valence-corrected chi connectivity index (χ2v) is 6.59. The topological polar surface area (TPSA) is 38.7 Å². The van der Waals surface area contributed by atoms with Crippen LogP contribution in [0.4, 0.5) is 0 Å². The second kappa shape index (κ2) is 6.84. The number of hydrogen-bond acceptors (Lipinski definition) is 3. The second-order valence-electron chi connectivity index (χ2n) is 5.74. The third kappa shape index (κ3) is 3.43. The molecule has 0 unspecified atom stereocenters. The monoisotopic (exact) mass is 352 g/mol. The normalized spacial score (nSPS) is 19.6. The number of ether oxygens (including phenoxy) is 2. The highest BCUT2D eigenvalue weighted by molar-refractivity contribution is 9.10. The zero-order valence-corrected chi connectivity index (χ0v) is 13.7. The Morgan fingerprint density at radius 1 is 1.19 bits per heavy atom. The largest absolute Gasteiger partial charge is 0.486 e. The first-order valence-corrected chi connectivity index (χ1v) is 8.47.